The molecule has 0 aromatic carbocycles. The van der Waals surface area contributed by atoms with E-state index in [2.05, 4.69) is 20.0 Å². The van der Waals surface area contributed by atoms with E-state index in [9.17, 15) is 10.1 Å². The molecule has 4 rings (SSSR count). The van der Waals surface area contributed by atoms with Gasteiger partial charge in [-0.05, 0) is 44.8 Å². The predicted molar refractivity (Wildman–Crippen MR) is 108 cm³/mol. The second-order valence-electron chi connectivity index (χ2n) is 6.60. The summed E-state index contributed by atoms with van der Waals surface area (Å²) in [7, 11) is 0. The van der Waals surface area contributed by atoms with Gasteiger partial charge in [-0.15, -0.1) is 22.6 Å². The number of piperidine rings is 2. The van der Waals surface area contributed by atoms with Crippen molar-refractivity contribution in [2.75, 3.05) is 31.1 Å². The standard InChI is InChI=1S/C16H21N5O2S2.ClH/c22-21(23)14-5-4-13(24-14)15-17-18-16(25-15)20-10-6-12(7-11-20)19-8-2-1-3-9-19;/h4-5,12H,1-3,6-11H2;1H. The SMILES string of the molecule is Cl.O=[N+]([O-])c1ccc(-c2nnc(N3CCC(N4CCCCC4)CC3)s2)s1. The molecule has 2 fully saturated rings. The number of anilines is 1. The van der Waals surface area contributed by atoms with Gasteiger partial charge >= 0.3 is 5.00 Å². The molecular weight excluding hydrogens is 394 g/mol. The second kappa shape index (κ2) is 8.60. The highest BCUT2D eigenvalue weighted by Gasteiger charge is 2.27. The topological polar surface area (TPSA) is 75.4 Å². The van der Waals surface area contributed by atoms with E-state index in [0.29, 0.717) is 6.04 Å². The van der Waals surface area contributed by atoms with Crippen LogP contribution < -0.4 is 4.90 Å². The van der Waals surface area contributed by atoms with Crippen molar-refractivity contribution >= 4 is 45.2 Å². The molecule has 0 bridgehead atoms. The summed E-state index contributed by atoms with van der Waals surface area (Å²) < 4.78 is 0. The van der Waals surface area contributed by atoms with Crippen molar-refractivity contribution in [1.29, 1.82) is 0 Å². The van der Waals surface area contributed by atoms with Crippen LogP contribution in [-0.2, 0) is 0 Å². The molecule has 0 radical (unpaired) electrons. The van der Waals surface area contributed by atoms with Crippen molar-refractivity contribution in [3.05, 3.63) is 22.2 Å². The van der Waals surface area contributed by atoms with Crippen LogP contribution in [0, 0.1) is 10.1 Å². The molecule has 0 amide bonds. The molecule has 2 aromatic rings. The number of nitro groups is 1. The van der Waals surface area contributed by atoms with Crippen LogP contribution in [-0.4, -0.2) is 52.2 Å². The molecule has 7 nitrogen and oxygen atoms in total. The number of thiophene rings is 1. The molecule has 0 unspecified atom stereocenters. The average Bonchev–Trinajstić information content (AvgIpc) is 3.32. The first kappa shape index (κ1) is 19.5. The van der Waals surface area contributed by atoms with Gasteiger partial charge < -0.3 is 9.80 Å². The summed E-state index contributed by atoms with van der Waals surface area (Å²) in [4.78, 5) is 16.3. The van der Waals surface area contributed by atoms with Crippen LogP contribution in [0.5, 0.6) is 0 Å². The minimum Gasteiger partial charge on any atom is -0.347 e. The van der Waals surface area contributed by atoms with Gasteiger partial charge in [-0.25, -0.2) is 0 Å². The van der Waals surface area contributed by atoms with Gasteiger partial charge in [0.15, 0.2) is 5.01 Å². The third-order valence-electron chi connectivity index (χ3n) is 5.04. The molecule has 0 aliphatic carbocycles. The van der Waals surface area contributed by atoms with E-state index in [-0.39, 0.29) is 22.3 Å². The summed E-state index contributed by atoms with van der Waals surface area (Å²) in [5.74, 6) is 0. The fourth-order valence-corrected chi connectivity index (χ4v) is 5.46. The van der Waals surface area contributed by atoms with Gasteiger partial charge in [-0.1, -0.05) is 29.1 Å². The summed E-state index contributed by atoms with van der Waals surface area (Å²) in [6.07, 6.45) is 6.42. The van der Waals surface area contributed by atoms with E-state index in [4.69, 9.17) is 0 Å². The molecule has 26 heavy (non-hydrogen) atoms. The summed E-state index contributed by atoms with van der Waals surface area (Å²) in [6.45, 7) is 4.54. The summed E-state index contributed by atoms with van der Waals surface area (Å²) >= 11 is 2.69. The highest BCUT2D eigenvalue weighted by molar-refractivity contribution is 7.24. The van der Waals surface area contributed by atoms with Gasteiger partial charge in [0.1, 0.15) is 0 Å². The molecule has 2 aliphatic rings. The Kier molecular flexibility index (Phi) is 6.44. The van der Waals surface area contributed by atoms with Gasteiger partial charge in [0.2, 0.25) is 5.13 Å². The minimum atomic E-state index is -0.360. The monoisotopic (exact) mass is 415 g/mol. The molecule has 2 saturated heterocycles. The first-order valence-corrected chi connectivity index (χ1v) is 10.4. The van der Waals surface area contributed by atoms with E-state index >= 15 is 0 Å². The maximum atomic E-state index is 10.8. The Hall–Kier alpha value is -1.29. The van der Waals surface area contributed by atoms with Gasteiger partial charge in [0, 0.05) is 25.2 Å². The van der Waals surface area contributed by atoms with E-state index in [1.165, 1.54) is 62.6 Å². The Morgan fingerprint density at radius 3 is 2.42 bits per heavy atom. The van der Waals surface area contributed by atoms with Gasteiger partial charge in [-0.2, -0.15) is 0 Å². The van der Waals surface area contributed by atoms with Crippen molar-refractivity contribution in [1.82, 2.24) is 15.1 Å². The lowest BCUT2D eigenvalue weighted by Crippen LogP contribution is -2.46. The Bertz CT molecular complexity index is 739. The highest BCUT2D eigenvalue weighted by Crippen LogP contribution is 2.37. The molecule has 2 aromatic heterocycles. The Labute approximate surface area is 166 Å². The van der Waals surface area contributed by atoms with Crippen LogP contribution in [0.2, 0.25) is 0 Å². The molecule has 0 spiro atoms. The number of aromatic nitrogens is 2. The zero-order chi connectivity index (χ0) is 17.2. The summed E-state index contributed by atoms with van der Waals surface area (Å²) in [5, 5.41) is 21.3. The number of rotatable bonds is 4. The second-order valence-corrected chi connectivity index (χ2v) is 8.62. The number of hydrogen-bond donors (Lipinski definition) is 0. The van der Waals surface area contributed by atoms with Crippen molar-refractivity contribution in [3.63, 3.8) is 0 Å². The molecule has 0 atom stereocenters. The number of hydrogen-bond acceptors (Lipinski definition) is 8. The van der Waals surface area contributed by atoms with E-state index < -0.39 is 0 Å². The van der Waals surface area contributed by atoms with Gasteiger partial charge in [0.25, 0.3) is 0 Å². The zero-order valence-corrected chi connectivity index (χ0v) is 16.8. The van der Waals surface area contributed by atoms with E-state index in [0.717, 1.165) is 39.4 Å². The first-order valence-electron chi connectivity index (χ1n) is 8.78. The van der Waals surface area contributed by atoms with Crippen LogP contribution in [0.25, 0.3) is 9.88 Å². The lowest BCUT2D eigenvalue weighted by molar-refractivity contribution is -0.380. The van der Waals surface area contributed by atoms with Crippen LogP contribution in [0.3, 0.4) is 0 Å². The fourth-order valence-electron chi connectivity index (χ4n) is 3.69. The maximum absolute atomic E-state index is 10.8. The fraction of sp³-hybridized carbons (Fsp3) is 0.625. The quantitative estimate of drug-likeness (QED) is 0.553. The van der Waals surface area contributed by atoms with Gasteiger partial charge in [0.05, 0.1) is 9.80 Å². The molecule has 0 N–H and O–H groups in total. The predicted octanol–water partition coefficient (Wildman–Crippen LogP) is 4.05. The molecule has 10 heteroatoms. The van der Waals surface area contributed by atoms with Crippen LogP contribution >= 0.6 is 35.1 Å². The summed E-state index contributed by atoms with van der Waals surface area (Å²) in [5.41, 5.74) is 0. The van der Waals surface area contributed by atoms with E-state index in [1.54, 1.807) is 6.07 Å². The normalized spacial score (nSPS) is 19.3. The third kappa shape index (κ3) is 4.16. The van der Waals surface area contributed by atoms with Crippen molar-refractivity contribution in [2.24, 2.45) is 0 Å². The smallest absolute Gasteiger partial charge is 0.324 e. The molecular formula is C16H22ClN5O2S2. The number of nitrogens with zero attached hydrogens (tertiary/aromatic N) is 5. The van der Waals surface area contributed by atoms with Crippen molar-refractivity contribution < 1.29 is 4.92 Å². The van der Waals surface area contributed by atoms with E-state index in [1.807, 2.05) is 0 Å². The zero-order valence-electron chi connectivity index (χ0n) is 14.4. The third-order valence-corrected chi connectivity index (χ3v) is 7.23. The number of likely N-dealkylation sites (tertiary alicyclic amines) is 1. The number of halogens is 1. The maximum Gasteiger partial charge on any atom is 0.324 e. The van der Waals surface area contributed by atoms with Crippen molar-refractivity contribution in [2.45, 2.75) is 38.1 Å². The Morgan fingerprint density at radius 1 is 1.04 bits per heavy atom. The lowest BCUT2D eigenvalue weighted by atomic mass is 10.0. The Balaban J connectivity index is 0.00000196. The van der Waals surface area contributed by atoms with Crippen molar-refractivity contribution in [3.8, 4) is 9.88 Å². The minimum absolute atomic E-state index is 0. The molecule has 142 valence electrons. The highest BCUT2D eigenvalue weighted by atomic mass is 35.5. The van der Waals surface area contributed by atoms with Crippen LogP contribution in [0.1, 0.15) is 32.1 Å². The largest absolute Gasteiger partial charge is 0.347 e. The van der Waals surface area contributed by atoms with Crippen LogP contribution in [0.15, 0.2) is 12.1 Å². The average molecular weight is 416 g/mol. The lowest BCUT2D eigenvalue weighted by Gasteiger charge is -2.40. The molecule has 2 aliphatic heterocycles. The molecule has 4 heterocycles. The Morgan fingerprint density at radius 2 is 1.77 bits per heavy atom. The van der Waals surface area contributed by atoms with Gasteiger partial charge in [-0.3, -0.25) is 10.1 Å². The van der Waals surface area contributed by atoms with Crippen LogP contribution in [0.4, 0.5) is 10.1 Å². The molecule has 0 saturated carbocycles. The summed E-state index contributed by atoms with van der Waals surface area (Å²) in [6, 6.07) is 4.00. The first-order chi connectivity index (χ1) is 12.2.